The number of hydrogen-bond donors (Lipinski definition) is 0. The molecule has 134 valence electrons. The highest BCUT2D eigenvalue weighted by molar-refractivity contribution is 6.25. The van der Waals surface area contributed by atoms with E-state index in [4.69, 9.17) is 0 Å². The number of fused-ring (bicyclic) bond motifs is 1. The van der Waals surface area contributed by atoms with Crippen molar-refractivity contribution in [2.75, 3.05) is 23.4 Å². The lowest BCUT2D eigenvalue weighted by molar-refractivity contribution is 0.0996. The van der Waals surface area contributed by atoms with E-state index in [2.05, 4.69) is 68.3 Å². The van der Waals surface area contributed by atoms with Crippen LogP contribution in [0.2, 0.25) is 0 Å². The third-order valence-electron chi connectivity index (χ3n) is 6.06. The molecule has 2 aliphatic rings. The Hall–Kier alpha value is -3.07. The molecule has 0 saturated carbocycles. The minimum atomic E-state index is -0.0764. The Morgan fingerprint density at radius 3 is 2.41 bits per heavy atom. The molecule has 3 heteroatoms. The maximum absolute atomic E-state index is 13.0. The molecule has 3 aromatic carbocycles. The molecule has 2 aliphatic heterocycles. The summed E-state index contributed by atoms with van der Waals surface area (Å²) in [6, 6.07) is 20.7. The van der Waals surface area contributed by atoms with Crippen LogP contribution in [0.4, 0.5) is 11.4 Å². The molecule has 0 aliphatic carbocycles. The number of carbonyl (C=O) groups excluding carboxylic acids is 1. The minimum Gasteiger partial charge on any atom is -0.347 e. The second kappa shape index (κ2) is 5.46. The van der Waals surface area contributed by atoms with Crippen molar-refractivity contribution >= 4 is 28.1 Å². The van der Waals surface area contributed by atoms with Crippen LogP contribution in [0.25, 0.3) is 10.8 Å². The van der Waals surface area contributed by atoms with Crippen molar-refractivity contribution in [1.82, 2.24) is 0 Å². The van der Waals surface area contributed by atoms with Crippen molar-refractivity contribution in [2.45, 2.75) is 19.3 Å². The van der Waals surface area contributed by atoms with E-state index < -0.39 is 0 Å². The van der Waals surface area contributed by atoms with Crippen LogP contribution in [0.15, 0.2) is 72.4 Å². The Morgan fingerprint density at radius 2 is 1.63 bits per heavy atom. The molecule has 3 aromatic rings. The molecule has 0 fully saturated rings. The van der Waals surface area contributed by atoms with Crippen LogP contribution in [0, 0.1) is 0 Å². The van der Waals surface area contributed by atoms with Crippen LogP contribution in [-0.4, -0.2) is 19.5 Å². The quantitative estimate of drug-likeness (QED) is 0.638. The Balaban J connectivity index is 1.55. The summed E-state index contributed by atoms with van der Waals surface area (Å²) < 4.78 is 0. The number of para-hydroxylation sites is 1. The third-order valence-corrected chi connectivity index (χ3v) is 6.06. The zero-order valence-corrected chi connectivity index (χ0v) is 15.9. The van der Waals surface area contributed by atoms with Crippen molar-refractivity contribution in [3.8, 4) is 0 Å². The number of nitrogens with zero attached hydrogens (tertiary/aromatic N) is 2. The number of hydrogen-bond acceptors (Lipinski definition) is 2. The Morgan fingerprint density at radius 1 is 0.926 bits per heavy atom. The summed E-state index contributed by atoms with van der Waals surface area (Å²) in [7, 11) is 2.11. The summed E-state index contributed by atoms with van der Waals surface area (Å²) in [6.07, 6.45) is 2.21. The van der Waals surface area contributed by atoms with E-state index in [1.807, 2.05) is 29.2 Å². The summed E-state index contributed by atoms with van der Waals surface area (Å²) in [5.74, 6) is 0.0922. The number of allylic oxidation sites excluding steroid dienone is 1. The van der Waals surface area contributed by atoms with Gasteiger partial charge >= 0.3 is 0 Å². The minimum absolute atomic E-state index is 0.0764. The Bertz CT molecular complexity index is 1120. The average molecular weight is 354 g/mol. The van der Waals surface area contributed by atoms with E-state index in [0.717, 1.165) is 22.0 Å². The van der Waals surface area contributed by atoms with Gasteiger partial charge in [-0.1, -0.05) is 56.3 Å². The van der Waals surface area contributed by atoms with E-state index in [1.54, 1.807) is 0 Å². The molecule has 1 amide bonds. The van der Waals surface area contributed by atoms with Gasteiger partial charge in [-0.3, -0.25) is 4.79 Å². The number of anilines is 2. The first-order valence-corrected chi connectivity index (χ1v) is 9.37. The predicted molar refractivity (Wildman–Crippen MR) is 112 cm³/mol. The molecule has 0 radical (unpaired) electrons. The lowest BCUT2D eigenvalue weighted by atomic mass is 9.84. The summed E-state index contributed by atoms with van der Waals surface area (Å²) >= 11 is 0. The number of carbonyl (C=O) groups is 1. The van der Waals surface area contributed by atoms with Crippen LogP contribution in [-0.2, 0) is 5.41 Å². The number of likely N-dealkylation sites (N-methyl/N-ethyl adjacent to an activating group) is 1. The smallest absolute Gasteiger partial charge is 0.259 e. The number of rotatable bonds is 2. The second-order valence-corrected chi connectivity index (χ2v) is 7.89. The number of benzene rings is 3. The molecule has 0 bridgehead atoms. The highest BCUT2D eigenvalue weighted by Gasteiger charge is 2.38. The first-order chi connectivity index (χ1) is 13.0. The van der Waals surface area contributed by atoms with Crippen LogP contribution < -0.4 is 9.80 Å². The normalized spacial score (nSPS) is 18.6. The molecule has 27 heavy (non-hydrogen) atoms. The molecule has 5 rings (SSSR count). The van der Waals surface area contributed by atoms with E-state index in [-0.39, 0.29) is 11.3 Å². The molecule has 0 atom stereocenters. The van der Waals surface area contributed by atoms with Gasteiger partial charge in [0, 0.05) is 41.3 Å². The molecule has 0 aromatic heterocycles. The molecule has 0 N–H and O–H groups in total. The van der Waals surface area contributed by atoms with Gasteiger partial charge in [-0.2, -0.15) is 0 Å². The SMILES string of the molecule is CN1C(=CCN2C(=O)c3cccc4cccc2c34)C(C)(C)c2ccccc21. The lowest BCUT2D eigenvalue weighted by Gasteiger charge is -2.25. The zero-order valence-electron chi connectivity index (χ0n) is 15.9. The number of amides is 1. The van der Waals surface area contributed by atoms with Crippen LogP contribution >= 0.6 is 0 Å². The van der Waals surface area contributed by atoms with Crippen molar-refractivity contribution in [1.29, 1.82) is 0 Å². The van der Waals surface area contributed by atoms with Gasteiger partial charge in [0.05, 0.1) is 5.69 Å². The summed E-state index contributed by atoms with van der Waals surface area (Å²) in [5, 5.41) is 2.20. The molecule has 0 saturated heterocycles. The fourth-order valence-corrected chi connectivity index (χ4v) is 4.71. The van der Waals surface area contributed by atoms with Gasteiger partial charge in [0.1, 0.15) is 0 Å². The largest absolute Gasteiger partial charge is 0.347 e. The second-order valence-electron chi connectivity index (χ2n) is 7.89. The fourth-order valence-electron chi connectivity index (χ4n) is 4.71. The topological polar surface area (TPSA) is 23.6 Å². The zero-order chi connectivity index (χ0) is 18.8. The fraction of sp³-hybridized carbons (Fsp3) is 0.208. The monoisotopic (exact) mass is 354 g/mol. The maximum atomic E-state index is 13.0. The van der Waals surface area contributed by atoms with Gasteiger partial charge in [-0.05, 0) is 35.2 Å². The third kappa shape index (κ3) is 2.11. The van der Waals surface area contributed by atoms with Crippen molar-refractivity contribution < 1.29 is 4.79 Å². The highest BCUT2D eigenvalue weighted by atomic mass is 16.2. The van der Waals surface area contributed by atoms with Crippen LogP contribution in [0.3, 0.4) is 0 Å². The standard InChI is InChI=1S/C24H22N2O/c1-24(2)18-11-4-5-12-19(18)25(3)21(24)14-15-26-20-13-7-9-16-8-6-10-17(22(16)20)23(26)27/h4-14H,15H2,1-3H3. The molecular weight excluding hydrogens is 332 g/mol. The van der Waals surface area contributed by atoms with E-state index >= 15 is 0 Å². The van der Waals surface area contributed by atoms with Gasteiger partial charge in [0.25, 0.3) is 5.91 Å². The van der Waals surface area contributed by atoms with Crippen molar-refractivity contribution in [3.05, 3.63) is 83.6 Å². The first-order valence-electron chi connectivity index (χ1n) is 9.37. The molecular formula is C24H22N2O. The predicted octanol–water partition coefficient (Wildman–Crippen LogP) is 5.11. The van der Waals surface area contributed by atoms with Crippen LogP contribution in [0.1, 0.15) is 29.8 Å². The highest BCUT2D eigenvalue weighted by Crippen LogP contribution is 2.46. The van der Waals surface area contributed by atoms with Crippen LogP contribution in [0.5, 0.6) is 0 Å². The van der Waals surface area contributed by atoms with Crippen molar-refractivity contribution in [3.63, 3.8) is 0 Å². The molecule has 3 nitrogen and oxygen atoms in total. The van der Waals surface area contributed by atoms with E-state index in [9.17, 15) is 4.79 Å². The molecule has 2 heterocycles. The molecule has 0 spiro atoms. The first kappa shape index (κ1) is 16.1. The summed E-state index contributed by atoms with van der Waals surface area (Å²) in [5.41, 5.74) is 5.56. The van der Waals surface area contributed by atoms with Gasteiger partial charge in [0.15, 0.2) is 0 Å². The van der Waals surface area contributed by atoms with Gasteiger partial charge < -0.3 is 9.80 Å². The Kier molecular flexibility index (Phi) is 3.26. The maximum Gasteiger partial charge on any atom is 0.259 e. The van der Waals surface area contributed by atoms with Gasteiger partial charge in [-0.25, -0.2) is 0 Å². The summed E-state index contributed by atoms with van der Waals surface area (Å²) in [6.45, 7) is 5.08. The average Bonchev–Trinajstić information content (AvgIpc) is 3.05. The lowest BCUT2D eigenvalue weighted by Crippen LogP contribution is -2.29. The van der Waals surface area contributed by atoms with E-state index in [1.165, 1.54) is 16.9 Å². The van der Waals surface area contributed by atoms with E-state index in [0.29, 0.717) is 6.54 Å². The van der Waals surface area contributed by atoms with Crippen molar-refractivity contribution in [2.24, 2.45) is 0 Å². The molecule has 0 unspecified atom stereocenters. The summed E-state index contributed by atoms with van der Waals surface area (Å²) in [4.78, 5) is 17.2. The van der Waals surface area contributed by atoms with Gasteiger partial charge in [-0.15, -0.1) is 0 Å². The van der Waals surface area contributed by atoms with Gasteiger partial charge in [0.2, 0.25) is 0 Å². The Labute approximate surface area is 159 Å².